The molecule has 0 aliphatic carbocycles. The van der Waals surface area contributed by atoms with Crippen LogP contribution in [0, 0.1) is 20.8 Å². The van der Waals surface area contributed by atoms with Crippen molar-refractivity contribution < 1.29 is 0 Å². The van der Waals surface area contributed by atoms with Crippen LogP contribution in [0.4, 0.5) is 0 Å². The molecule has 0 spiro atoms. The summed E-state index contributed by atoms with van der Waals surface area (Å²) >= 11 is 0. The van der Waals surface area contributed by atoms with Gasteiger partial charge in [-0.25, -0.2) is 0 Å². The Hall–Kier alpha value is -1.67. The van der Waals surface area contributed by atoms with Crippen LogP contribution in [0.15, 0.2) is 36.4 Å². The molecule has 0 aliphatic rings. The van der Waals surface area contributed by atoms with E-state index >= 15 is 0 Å². The quantitative estimate of drug-likeness (QED) is 0.883. The Morgan fingerprint density at radius 1 is 1.10 bits per heavy atom. The third-order valence-corrected chi connectivity index (χ3v) is 3.55. The maximum absolute atomic E-state index is 4.61. The third-order valence-electron chi connectivity index (χ3n) is 3.55. The van der Waals surface area contributed by atoms with Gasteiger partial charge in [0.25, 0.3) is 0 Å². The summed E-state index contributed by atoms with van der Waals surface area (Å²) in [5.41, 5.74) is 6.07. The Kier molecular flexibility index (Phi) is 4.91. The summed E-state index contributed by atoms with van der Waals surface area (Å²) in [5.74, 6) is 0. The van der Waals surface area contributed by atoms with Gasteiger partial charge >= 0.3 is 0 Å². The summed E-state index contributed by atoms with van der Waals surface area (Å²) in [6.45, 7) is 9.48. The van der Waals surface area contributed by atoms with Crippen LogP contribution in [0.1, 0.15) is 47.5 Å². The van der Waals surface area contributed by atoms with E-state index in [2.05, 4.69) is 67.5 Å². The molecule has 0 fully saturated rings. The summed E-state index contributed by atoms with van der Waals surface area (Å²) in [6.07, 6.45) is 1.13. The zero-order valence-electron chi connectivity index (χ0n) is 12.9. The van der Waals surface area contributed by atoms with Crippen molar-refractivity contribution in [3.63, 3.8) is 0 Å². The van der Waals surface area contributed by atoms with Crippen molar-refractivity contribution in [3.05, 3.63) is 64.5 Å². The van der Waals surface area contributed by atoms with Gasteiger partial charge in [-0.1, -0.05) is 42.8 Å². The van der Waals surface area contributed by atoms with E-state index in [1.807, 2.05) is 6.92 Å². The van der Waals surface area contributed by atoms with Gasteiger partial charge in [0.05, 0.1) is 6.04 Å². The number of aryl methyl sites for hydroxylation is 3. The molecule has 0 saturated heterocycles. The maximum atomic E-state index is 4.61. The molecule has 1 unspecified atom stereocenters. The lowest BCUT2D eigenvalue weighted by Crippen LogP contribution is -2.24. The molecule has 1 heterocycles. The van der Waals surface area contributed by atoms with E-state index in [0.29, 0.717) is 0 Å². The molecule has 2 rings (SSSR count). The molecule has 2 nitrogen and oxygen atoms in total. The van der Waals surface area contributed by atoms with Gasteiger partial charge in [-0.15, -0.1) is 0 Å². The number of hydrogen-bond acceptors (Lipinski definition) is 2. The minimum absolute atomic E-state index is 0.225. The van der Waals surface area contributed by atoms with E-state index < -0.39 is 0 Å². The Morgan fingerprint density at radius 3 is 2.55 bits per heavy atom. The molecule has 20 heavy (non-hydrogen) atoms. The van der Waals surface area contributed by atoms with Crippen molar-refractivity contribution in [3.8, 4) is 0 Å². The van der Waals surface area contributed by atoms with Crippen LogP contribution in [-0.4, -0.2) is 11.5 Å². The smallest absolute Gasteiger partial charge is 0.0594 e. The first kappa shape index (κ1) is 14.7. The molecule has 1 aromatic carbocycles. The highest BCUT2D eigenvalue weighted by Crippen LogP contribution is 2.25. The number of hydrogen-bond donors (Lipinski definition) is 1. The van der Waals surface area contributed by atoms with Crippen LogP contribution in [0.2, 0.25) is 0 Å². The molecule has 0 aliphatic heterocycles. The summed E-state index contributed by atoms with van der Waals surface area (Å²) in [4.78, 5) is 4.61. The van der Waals surface area contributed by atoms with Crippen LogP contribution >= 0.6 is 0 Å². The molecule has 0 bridgehead atoms. The first-order valence-electron chi connectivity index (χ1n) is 7.36. The van der Waals surface area contributed by atoms with E-state index in [9.17, 15) is 0 Å². The van der Waals surface area contributed by atoms with E-state index in [0.717, 1.165) is 24.4 Å². The Morgan fingerprint density at radius 2 is 1.90 bits per heavy atom. The third kappa shape index (κ3) is 3.45. The highest BCUT2D eigenvalue weighted by Gasteiger charge is 2.16. The van der Waals surface area contributed by atoms with Crippen molar-refractivity contribution in [2.24, 2.45) is 0 Å². The Labute approximate surface area is 122 Å². The molecular weight excluding hydrogens is 244 g/mol. The SMILES string of the molecule is CCCNC(c1cccc(C)c1)c1ccc(C)nc1C. The summed E-state index contributed by atoms with van der Waals surface area (Å²) < 4.78 is 0. The van der Waals surface area contributed by atoms with Gasteiger partial charge in [0.1, 0.15) is 0 Å². The molecule has 2 heteroatoms. The fourth-order valence-electron chi connectivity index (χ4n) is 2.55. The molecular formula is C18H24N2. The predicted octanol–water partition coefficient (Wildman–Crippen LogP) is 4.10. The molecule has 1 aromatic heterocycles. The first-order chi connectivity index (χ1) is 9.61. The second-order valence-electron chi connectivity index (χ2n) is 5.43. The van der Waals surface area contributed by atoms with Gasteiger partial charge in [0.2, 0.25) is 0 Å². The lowest BCUT2D eigenvalue weighted by atomic mass is 9.96. The van der Waals surface area contributed by atoms with Gasteiger partial charge < -0.3 is 5.32 Å². The van der Waals surface area contributed by atoms with Crippen molar-refractivity contribution in [1.82, 2.24) is 10.3 Å². The number of nitrogens with one attached hydrogen (secondary N) is 1. The maximum Gasteiger partial charge on any atom is 0.0594 e. The Bertz CT molecular complexity index is 575. The number of aromatic nitrogens is 1. The van der Waals surface area contributed by atoms with E-state index in [4.69, 9.17) is 0 Å². The topological polar surface area (TPSA) is 24.9 Å². The van der Waals surface area contributed by atoms with Crippen LogP contribution in [0.3, 0.4) is 0 Å². The molecule has 0 amide bonds. The van der Waals surface area contributed by atoms with Crippen LogP contribution < -0.4 is 5.32 Å². The number of nitrogens with zero attached hydrogens (tertiary/aromatic N) is 1. The Balaban J connectivity index is 2.41. The minimum Gasteiger partial charge on any atom is -0.306 e. The van der Waals surface area contributed by atoms with Crippen LogP contribution in [-0.2, 0) is 0 Å². The second-order valence-corrected chi connectivity index (χ2v) is 5.43. The lowest BCUT2D eigenvalue weighted by molar-refractivity contribution is 0.593. The normalized spacial score (nSPS) is 12.4. The van der Waals surface area contributed by atoms with Crippen LogP contribution in [0.5, 0.6) is 0 Å². The van der Waals surface area contributed by atoms with Crippen LogP contribution in [0.25, 0.3) is 0 Å². The number of pyridine rings is 1. The minimum atomic E-state index is 0.225. The number of rotatable bonds is 5. The van der Waals surface area contributed by atoms with E-state index in [1.165, 1.54) is 16.7 Å². The van der Waals surface area contributed by atoms with Crippen molar-refractivity contribution in [2.45, 2.75) is 40.2 Å². The van der Waals surface area contributed by atoms with E-state index in [1.54, 1.807) is 0 Å². The predicted molar refractivity (Wildman–Crippen MR) is 85.0 cm³/mol. The zero-order valence-corrected chi connectivity index (χ0v) is 12.9. The monoisotopic (exact) mass is 268 g/mol. The molecule has 0 radical (unpaired) electrons. The van der Waals surface area contributed by atoms with Gasteiger partial charge in [-0.05, 0) is 50.9 Å². The highest BCUT2D eigenvalue weighted by molar-refractivity contribution is 5.36. The fourth-order valence-corrected chi connectivity index (χ4v) is 2.55. The molecule has 0 saturated carbocycles. The lowest BCUT2D eigenvalue weighted by Gasteiger charge is -2.21. The van der Waals surface area contributed by atoms with Gasteiger partial charge in [0, 0.05) is 11.4 Å². The molecule has 2 aromatic rings. The van der Waals surface area contributed by atoms with Gasteiger partial charge in [0.15, 0.2) is 0 Å². The van der Waals surface area contributed by atoms with Crippen molar-refractivity contribution in [1.29, 1.82) is 0 Å². The molecule has 1 atom stereocenters. The standard InChI is InChI=1S/C18H24N2/c1-5-11-19-18(16-8-6-7-13(2)12-16)17-10-9-14(3)20-15(17)4/h6-10,12,18-19H,5,11H2,1-4H3. The van der Waals surface area contributed by atoms with Crippen molar-refractivity contribution >= 4 is 0 Å². The van der Waals surface area contributed by atoms with E-state index in [-0.39, 0.29) is 6.04 Å². The highest BCUT2D eigenvalue weighted by atomic mass is 14.9. The summed E-state index contributed by atoms with van der Waals surface area (Å²) in [7, 11) is 0. The second kappa shape index (κ2) is 6.67. The zero-order chi connectivity index (χ0) is 14.5. The average Bonchev–Trinajstić information content (AvgIpc) is 2.41. The first-order valence-corrected chi connectivity index (χ1v) is 7.36. The largest absolute Gasteiger partial charge is 0.306 e. The molecule has 1 N–H and O–H groups in total. The average molecular weight is 268 g/mol. The summed E-state index contributed by atoms with van der Waals surface area (Å²) in [6, 6.07) is 13.2. The van der Waals surface area contributed by atoms with Gasteiger partial charge in [-0.2, -0.15) is 0 Å². The number of benzene rings is 1. The molecule has 106 valence electrons. The fraction of sp³-hybridized carbons (Fsp3) is 0.389. The van der Waals surface area contributed by atoms with Gasteiger partial charge in [-0.3, -0.25) is 4.98 Å². The van der Waals surface area contributed by atoms with Crippen molar-refractivity contribution in [2.75, 3.05) is 6.54 Å². The summed E-state index contributed by atoms with van der Waals surface area (Å²) in [5, 5.41) is 3.65.